The molecule has 3 heterocycles. The number of hydrogen-bond donors (Lipinski definition) is 0. The van der Waals surface area contributed by atoms with Gasteiger partial charge >= 0.3 is 0 Å². The number of ether oxygens (including phenoxy) is 1. The second-order valence-corrected chi connectivity index (χ2v) is 7.88. The zero-order chi connectivity index (χ0) is 16.3. The minimum Gasteiger partial charge on any atom is -0.383 e. The monoisotopic (exact) mass is 334 g/mol. The van der Waals surface area contributed by atoms with Crippen LogP contribution in [0.5, 0.6) is 0 Å². The molecule has 0 aliphatic carbocycles. The summed E-state index contributed by atoms with van der Waals surface area (Å²) in [5.74, 6) is 0.146. The number of rotatable bonds is 4. The predicted octanol–water partition coefficient (Wildman–Crippen LogP) is 2.72. The molecule has 2 fully saturated rings. The second kappa shape index (κ2) is 7.16. The van der Waals surface area contributed by atoms with Gasteiger partial charge in [-0.25, -0.2) is 0 Å². The molecule has 0 bridgehead atoms. The van der Waals surface area contributed by atoms with Crippen molar-refractivity contribution in [3.8, 4) is 0 Å². The topological polar surface area (TPSA) is 32.8 Å². The third-order valence-corrected chi connectivity index (χ3v) is 6.14. The van der Waals surface area contributed by atoms with E-state index in [4.69, 9.17) is 4.74 Å². The first-order valence-electron chi connectivity index (χ1n) is 8.32. The fraction of sp³-hybridized carbons (Fsp3) is 0.611. The van der Waals surface area contributed by atoms with Gasteiger partial charge in [-0.2, -0.15) is 0 Å². The number of thiophene rings is 1. The van der Waals surface area contributed by atoms with E-state index in [2.05, 4.69) is 11.9 Å². The van der Waals surface area contributed by atoms with Crippen LogP contribution in [-0.2, 0) is 9.53 Å². The lowest BCUT2D eigenvalue weighted by atomic mass is 9.76. The average Bonchev–Trinajstić information content (AvgIpc) is 3.15. The van der Waals surface area contributed by atoms with Crippen molar-refractivity contribution in [1.82, 2.24) is 9.80 Å². The molecule has 1 atom stereocenters. The number of methoxy groups -OCH3 is 1. The Labute approximate surface area is 142 Å². The summed E-state index contributed by atoms with van der Waals surface area (Å²) in [6.07, 6.45) is 7.06. The number of carbonyl (C=O) groups is 1. The molecular weight excluding hydrogens is 308 g/mol. The Morgan fingerprint density at radius 3 is 2.91 bits per heavy atom. The van der Waals surface area contributed by atoms with Gasteiger partial charge in [0.15, 0.2) is 0 Å². The van der Waals surface area contributed by atoms with Crippen molar-refractivity contribution in [2.45, 2.75) is 25.3 Å². The van der Waals surface area contributed by atoms with Crippen LogP contribution in [0.25, 0.3) is 6.08 Å². The number of piperidine rings is 1. The summed E-state index contributed by atoms with van der Waals surface area (Å²) in [4.78, 5) is 17.9. The van der Waals surface area contributed by atoms with Gasteiger partial charge in [-0.15, -0.1) is 11.3 Å². The summed E-state index contributed by atoms with van der Waals surface area (Å²) in [5.41, 5.74) is 0.381. The molecule has 0 unspecified atom stereocenters. The van der Waals surface area contributed by atoms with E-state index < -0.39 is 0 Å². The number of likely N-dealkylation sites (N-methyl/N-ethyl adjacent to an activating group) is 1. The molecule has 3 rings (SSSR count). The third kappa shape index (κ3) is 3.84. The summed E-state index contributed by atoms with van der Waals surface area (Å²) in [6.45, 7) is 3.70. The highest BCUT2D eigenvalue weighted by Gasteiger charge is 2.44. The summed E-state index contributed by atoms with van der Waals surface area (Å²) in [7, 11) is 3.97. The molecule has 23 heavy (non-hydrogen) atoms. The molecule has 0 saturated carbocycles. The van der Waals surface area contributed by atoms with Crippen LogP contribution in [0.1, 0.15) is 24.1 Å². The molecule has 1 spiro atoms. The van der Waals surface area contributed by atoms with Crippen molar-refractivity contribution in [2.24, 2.45) is 5.41 Å². The van der Waals surface area contributed by atoms with Crippen LogP contribution in [0, 0.1) is 5.41 Å². The fourth-order valence-electron chi connectivity index (χ4n) is 3.97. The van der Waals surface area contributed by atoms with Crippen LogP contribution in [0.15, 0.2) is 23.6 Å². The molecule has 4 nitrogen and oxygen atoms in total. The van der Waals surface area contributed by atoms with Crippen LogP contribution in [-0.4, -0.2) is 62.1 Å². The van der Waals surface area contributed by atoms with Gasteiger partial charge in [-0.1, -0.05) is 6.07 Å². The fourth-order valence-corrected chi connectivity index (χ4v) is 4.58. The Balaban J connectivity index is 1.53. The van der Waals surface area contributed by atoms with E-state index in [1.807, 2.05) is 28.5 Å². The minimum absolute atomic E-state index is 0.146. The molecule has 2 aliphatic heterocycles. The zero-order valence-electron chi connectivity index (χ0n) is 14.0. The lowest BCUT2D eigenvalue weighted by Gasteiger charge is -2.39. The second-order valence-electron chi connectivity index (χ2n) is 6.90. The maximum Gasteiger partial charge on any atom is 0.246 e. The molecule has 2 saturated heterocycles. The van der Waals surface area contributed by atoms with Crippen molar-refractivity contribution in [3.63, 3.8) is 0 Å². The van der Waals surface area contributed by atoms with Crippen LogP contribution < -0.4 is 0 Å². The van der Waals surface area contributed by atoms with Gasteiger partial charge < -0.3 is 14.5 Å². The van der Waals surface area contributed by atoms with Crippen molar-refractivity contribution in [2.75, 3.05) is 40.4 Å². The average molecular weight is 334 g/mol. The molecule has 2 aliphatic rings. The van der Waals surface area contributed by atoms with Crippen molar-refractivity contribution in [1.29, 1.82) is 0 Å². The Kier molecular flexibility index (Phi) is 5.19. The molecule has 0 aromatic carbocycles. The van der Waals surface area contributed by atoms with E-state index in [0.717, 1.165) is 44.0 Å². The van der Waals surface area contributed by atoms with E-state index >= 15 is 0 Å². The molecule has 5 heteroatoms. The smallest absolute Gasteiger partial charge is 0.246 e. The molecule has 0 radical (unpaired) electrons. The zero-order valence-corrected chi connectivity index (χ0v) is 14.8. The standard InChI is InChI=1S/C18H26N2O2S/c1-19-14-18(12-15(19)13-22-2)7-9-20(10-8-18)17(21)6-5-16-4-3-11-23-16/h3-6,11,15H,7-10,12-14H2,1-2H3/b6-5+/t15-/m0/s1. The van der Waals surface area contributed by atoms with Crippen molar-refractivity contribution < 1.29 is 9.53 Å². The number of hydrogen-bond acceptors (Lipinski definition) is 4. The van der Waals surface area contributed by atoms with Gasteiger partial charge in [0.25, 0.3) is 0 Å². The first-order valence-corrected chi connectivity index (χ1v) is 9.19. The highest BCUT2D eigenvalue weighted by Crippen LogP contribution is 2.42. The van der Waals surface area contributed by atoms with Gasteiger partial charge in [0.2, 0.25) is 5.91 Å². The SMILES string of the molecule is COC[C@@H]1CC2(CCN(C(=O)/C=C/c3cccs3)CC2)CN1C. The van der Waals surface area contributed by atoms with Crippen LogP contribution >= 0.6 is 11.3 Å². The lowest BCUT2D eigenvalue weighted by Crippen LogP contribution is -2.43. The molecule has 1 amide bonds. The Hall–Kier alpha value is -1.17. The van der Waals surface area contributed by atoms with Gasteiger partial charge in [0.05, 0.1) is 6.61 Å². The van der Waals surface area contributed by atoms with Gasteiger partial charge in [0, 0.05) is 43.7 Å². The molecule has 126 valence electrons. The quantitative estimate of drug-likeness (QED) is 0.794. The van der Waals surface area contributed by atoms with Crippen LogP contribution in [0.4, 0.5) is 0 Å². The number of amides is 1. The first-order chi connectivity index (χ1) is 11.1. The summed E-state index contributed by atoms with van der Waals surface area (Å²) < 4.78 is 5.34. The van der Waals surface area contributed by atoms with E-state index in [1.165, 1.54) is 6.42 Å². The number of carbonyl (C=O) groups excluding carboxylic acids is 1. The molecule has 0 N–H and O–H groups in total. The highest BCUT2D eigenvalue weighted by molar-refractivity contribution is 7.10. The molecule has 1 aromatic rings. The normalized spacial score (nSPS) is 24.8. The van der Waals surface area contributed by atoms with E-state index in [0.29, 0.717) is 11.5 Å². The van der Waals surface area contributed by atoms with E-state index in [-0.39, 0.29) is 5.91 Å². The van der Waals surface area contributed by atoms with Crippen LogP contribution in [0.2, 0.25) is 0 Å². The van der Waals surface area contributed by atoms with E-state index in [9.17, 15) is 4.79 Å². The minimum atomic E-state index is 0.146. The molecular formula is C18H26N2O2S. The maximum absolute atomic E-state index is 12.3. The van der Waals surface area contributed by atoms with Crippen molar-refractivity contribution >= 4 is 23.3 Å². The first kappa shape index (κ1) is 16.7. The largest absolute Gasteiger partial charge is 0.383 e. The third-order valence-electron chi connectivity index (χ3n) is 5.30. The Morgan fingerprint density at radius 2 is 2.26 bits per heavy atom. The lowest BCUT2D eigenvalue weighted by molar-refractivity contribution is -0.128. The van der Waals surface area contributed by atoms with Gasteiger partial charge in [0.1, 0.15) is 0 Å². The highest BCUT2D eigenvalue weighted by atomic mass is 32.1. The van der Waals surface area contributed by atoms with Crippen LogP contribution in [0.3, 0.4) is 0 Å². The Bertz CT molecular complexity index is 547. The predicted molar refractivity (Wildman–Crippen MR) is 94.5 cm³/mol. The summed E-state index contributed by atoms with van der Waals surface area (Å²) in [5, 5.41) is 2.03. The number of likely N-dealkylation sites (tertiary alicyclic amines) is 2. The van der Waals surface area contributed by atoms with Gasteiger partial charge in [-0.3, -0.25) is 4.79 Å². The number of nitrogens with zero attached hydrogens (tertiary/aromatic N) is 2. The van der Waals surface area contributed by atoms with E-state index in [1.54, 1.807) is 24.5 Å². The maximum atomic E-state index is 12.3. The van der Waals surface area contributed by atoms with Gasteiger partial charge in [-0.05, 0) is 49.2 Å². The summed E-state index contributed by atoms with van der Waals surface area (Å²) >= 11 is 1.66. The Morgan fingerprint density at radius 1 is 1.48 bits per heavy atom. The molecule has 1 aromatic heterocycles. The van der Waals surface area contributed by atoms with Crippen molar-refractivity contribution in [3.05, 3.63) is 28.5 Å². The summed E-state index contributed by atoms with van der Waals surface area (Å²) in [6, 6.07) is 4.57.